The first kappa shape index (κ1) is 31.0. The molecule has 0 amide bonds. The number of allylic oxidation sites excluding steroid dienone is 1. The Labute approximate surface area is 251 Å². The Morgan fingerprint density at radius 2 is 1.91 bits per heavy atom. The highest BCUT2D eigenvalue weighted by molar-refractivity contribution is 6.00. The van der Waals surface area contributed by atoms with Gasteiger partial charge in [0.1, 0.15) is 12.7 Å². The third-order valence-corrected chi connectivity index (χ3v) is 6.95. The predicted molar refractivity (Wildman–Crippen MR) is 158 cm³/mol. The number of aromatic amines is 1. The normalized spacial score (nSPS) is 16.3. The van der Waals surface area contributed by atoms with Crippen LogP contribution in [0.4, 0.5) is 17.6 Å². The molecule has 1 aliphatic rings. The molecule has 1 atom stereocenters. The van der Waals surface area contributed by atoms with E-state index in [4.69, 9.17) is 9.47 Å². The number of H-pyrrole nitrogens is 1. The molecule has 8 nitrogen and oxygen atoms in total. The van der Waals surface area contributed by atoms with Gasteiger partial charge in [0.25, 0.3) is 0 Å². The van der Waals surface area contributed by atoms with Crippen molar-refractivity contribution in [2.24, 2.45) is 0 Å². The van der Waals surface area contributed by atoms with Gasteiger partial charge in [0.15, 0.2) is 5.78 Å². The van der Waals surface area contributed by atoms with Crippen molar-refractivity contribution in [1.29, 1.82) is 0 Å². The van der Waals surface area contributed by atoms with Crippen LogP contribution in [-0.4, -0.2) is 72.6 Å². The third-order valence-electron chi connectivity index (χ3n) is 6.95. The van der Waals surface area contributed by atoms with Gasteiger partial charge in [0.05, 0.1) is 23.9 Å². The van der Waals surface area contributed by atoms with E-state index in [1.54, 1.807) is 60.7 Å². The second kappa shape index (κ2) is 14.4. The highest BCUT2D eigenvalue weighted by atomic mass is 19.4. The van der Waals surface area contributed by atoms with Crippen LogP contribution in [0.25, 0.3) is 22.0 Å². The maximum Gasteiger partial charge on any atom is 0.393 e. The smallest absolute Gasteiger partial charge is 0.393 e. The van der Waals surface area contributed by atoms with Gasteiger partial charge in [0.2, 0.25) is 11.8 Å². The largest absolute Gasteiger partial charge is 0.476 e. The molecule has 1 fully saturated rings. The van der Waals surface area contributed by atoms with Gasteiger partial charge < -0.3 is 20.1 Å². The van der Waals surface area contributed by atoms with Crippen molar-refractivity contribution in [1.82, 2.24) is 25.8 Å². The van der Waals surface area contributed by atoms with E-state index >= 15 is 0 Å². The molecule has 3 heterocycles. The van der Waals surface area contributed by atoms with Gasteiger partial charge in [-0.15, -0.1) is 5.10 Å². The number of fused-ring (bicyclic) bond motifs is 1. The van der Waals surface area contributed by atoms with Crippen molar-refractivity contribution in [3.63, 3.8) is 0 Å². The fourth-order valence-corrected chi connectivity index (χ4v) is 4.88. The number of rotatable bonds is 12. The predicted octanol–water partition coefficient (Wildman–Crippen LogP) is 5.09. The molecule has 0 bridgehead atoms. The van der Waals surface area contributed by atoms with E-state index in [2.05, 4.69) is 25.8 Å². The van der Waals surface area contributed by atoms with Gasteiger partial charge in [-0.3, -0.25) is 9.89 Å². The van der Waals surface area contributed by atoms with Gasteiger partial charge in [-0.25, -0.2) is 4.98 Å². The van der Waals surface area contributed by atoms with Crippen molar-refractivity contribution >= 4 is 27.8 Å². The molecule has 5 rings (SSSR count). The molecule has 3 N–H and O–H groups in total. The number of nitrogens with one attached hydrogen (secondary N) is 3. The lowest BCUT2D eigenvalue weighted by molar-refractivity contribution is -0.127. The summed E-state index contributed by atoms with van der Waals surface area (Å²) in [5, 5.41) is 12.6. The second-order valence-electron chi connectivity index (χ2n) is 10.1. The summed E-state index contributed by atoms with van der Waals surface area (Å²) in [5.74, 6) is -0.546. The number of halogens is 4. The molecule has 0 spiro atoms. The van der Waals surface area contributed by atoms with Crippen LogP contribution in [0.15, 0.2) is 79.0 Å². The molecule has 1 saturated heterocycles. The summed E-state index contributed by atoms with van der Waals surface area (Å²) >= 11 is 0. The van der Waals surface area contributed by atoms with E-state index in [-0.39, 0.29) is 34.8 Å². The summed E-state index contributed by atoms with van der Waals surface area (Å²) < 4.78 is 67.2. The van der Waals surface area contributed by atoms with Crippen LogP contribution < -0.4 is 15.4 Å². The zero-order valence-electron chi connectivity index (χ0n) is 23.7. The maximum atomic E-state index is 14.4. The van der Waals surface area contributed by atoms with Crippen molar-refractivity contribution in [2.75, 3.05) is 39.4 Å². The van der Waals surface area contributed by atoms with Crippen LogP contribution in [0, 0.1) is 5.95 Å². The summed E-state index contributed by atoms with van der Waals surface area (Å²) in [7, 11) is 0. The van der Waals surface area contributed by atoms with Gasteiger partial charge in [0, 0.05) is 44.0 Å². The standard InChI is InChI=1S/C32H31F4N5O3/c33-31-24-17-22(8-10-26(24)40-41-31)30(25(18-32(34,35)36)21-5-2-1-3-6-21)23-9-11-29(39-19-23)44-16-13-37-12-4-7-27(42)28-20-38-14-15-43-28/h1-11,17,19,28,37-38H,12-16,18,20H2,(H,40,41)/b7-4+,30-25-. The van der Waals surface area contributed by atoms with Gasteiger partial charge in [-0.2, -0.15) is 17.6 Å². The van der Waals surface area contributed by atoms with E-state index in [0.29, 0.717) is 48.4 Å². The second-order valence-corrected chi connectivity index (χ2v) is 10.1. The zero-order chi connectivity index (χ0) is 30.9. The first-order valence-electron chi connectivity index (χ1n) is 14.1. The van der Waals surface area contributed by atoms with Gasteiger partial charge >= 0.3 is 6.18 Å². The Kier molecular flexibility index (Phi) is 10.2. The first-order chi connectivity index (χ1) is 21.3. The topological polar surface area (TPSA) is 101 Å². The number of aromatic nitrogens is 3. The average molecular weight is 610 g/mol. The van der Waals surface area contributed by atoms with Crippen LogP contribution >= 0.6 is 0 Å². The van der Waals surface area contributed by atoms with Gasteiger partial charge in [-0.1, -0.05) is 42.5 Å². The molecule has 12 heteroatoms. The highest BCUT2D eigenvalue weighted by Gasteiger charge is 2.32. The zero-order valence-corrected chi connectivity index (χ0v) is 23.7. The Hall–Kier alpha value is -4.39. The summed E-state index contributed by atoms with van der Waals surface area (Å²) in [6.45, 7) is 2.94. The van der Waals surface area contributed by atoms with Crippen molar-refractivity contribution < 1.29 is 31.8 Å². The number of benzene rings is 2. The minimum atomic E-state index is -4.51. The van der Waals surface area contributed by atoms with E-state index in [1.165, 1.54) is 18.3 Å². The Balaban J connectivity index is 1.31. The number of hydrogen-bond donors (Lipinski definition) is 3. The molecule has 0 saturated carbocycles. The average Bonchev–Trinajstić information content (AvgIpc) is 3.41. The number of ether oxygens (including phenoxy) is 2. The van der Waals surface area contributed by atoms with E-state index in [9.17, 15) is 22.4 Å². The lowest BCUT2D eigenvalue weighted by atomic mass is 9.88. The Bertz CT molecular complexity index is 1610. The molecule has 2 aromatic carbocycles. The monoisotopic (exact) mass is 609 g/mol. The molecule has 0 radical (unpaired) electrons. The summed E-state index contributed by atoms with van der Waals surface area (Å²) in [6.07, 6.45) is -1.50. The summed E-state index contributed by atoms with van der Waals surface area (Å²) in [6, 6.07) is 16.2. The summed E-state index contributed by atoms with van der Waals surface area (Å²) in [5.41, 5.74) is 1.91. The fourth-order valence-electron chi connectivity index (χ4n) is 4.88. The molecule has 44 heavy (non-hydrogen) atoms. The first-order valence-corrected chi connectivity index (χ1v) is 14.1. The van der Waals surface area contributed by atoms with E-state index in [1.807, 2.05) is 0 Å². The van der Waals surface area contributed by atoms with Crippen molar-refractivity contribution in [3.8, 4) is 5.88 Å². The van der Waals surface area contributed by atoms with Crippen molar-refractivity contribution in [3.05, 3.63) is 102 Å². The van der Waals surface area contributed by atoms with Gasteiger partial charge in [-0.05, 0) is 46.5 Å². The highest BCUT2D eigenvalue weighted by Crippen LogP contribution is 2.40. The number of morpholine rings is 1. The number of alkyl halides is 3. The number of hydrogen-bond acceptors (Lipinski definition) is 7. The van der Waals surface area contributed by atoms with Crippen molar-refractivity contribution in [2.45, 2.75) is 18.7 Å². The molecular weight excluding hydrogens is 578 g/mol. The Morgan fingerprint density at radius 1 is 1.09 bits per heavy atom. The lowest BCUT2D eigenvalue weighted by Gasteiger charge is -2.21. The Morgan fingerprint density at radius 3 is 2.64 bits per heavy atom. The number of carbonyl (C=O) groups is 1. The van der Waals surface area contributed by atoms with E-state index < -0.39 is 24.6 Å². The SMILES string of the molecule is O=C(/C=C/CNCCOc1ccc(/C(=C(/CC(F)(F)F)c2ccccc2)c2ccc3[nH]nc(F)c3c2)cn1)C1CNCCO1. The minimum Gasteiger partial charge on any atom is -0.476 e. The van der Waals surface area contributed by atoms with Crippen LogP contribution in [0.2, 0.25) is 0 Å². The molecule has 230 valence electrons. The quantitative estimate of drug-likeness (QED) is 0.0891. The summed E-state index contributed by atoms with van der Waals surface area (Å²) in [4.78, 5) is 16.4. The van der Waals surface area contributed by atoms with Crippen LogP contribution in [0.5, 0.6) is 5.88 Å². The van der Waals surface area contributed by atoms with Crippen LogP contribution in [-0.2, 0) is 9.53 Å². The molecular formula is C32H31F4N5O3. The number of nitrogens with zero attached hydrogens (tertiary/aromatic N) is 2. The number of pyridine rings is 1. The number of carbonyl (C=O) groups excluding carboxylic acids is 1. The fraction of sp³-hybridized carbons (Fsp3) is 0.281. The van der Waals surface area contributed by atoms with E-state index in [0.717, 1.165) is 6.54 Å². The molecule has 1 unspecified atom stereocenters. The van der Waals surface area contributed by atoms with Crippen LogP contribution in [0.1, 0.15) is 23.1 Å². The van der Waals surface area contributed by atoms with Crippen LogP contribution in [0.3, 0.4) is 0 Å². The minimum absolute atomic E-state index is 0.0267. The molecule has 0 aliphatic carbocycles. The lowest BCUT2D eigenvalue weighted by Crippen LogP contribution is -2.42. The molecule has 2 aromatic heterocycles. The third kappa shape index (κ3) is 8.16. The number of ketones is 1. The maximum absolute atomic E-state index is 14.4. The molecule has 4 aromatic rings. The molecule has 1 aliphatic heterocycles.